The van der Waals surface area contributed by atoms with Crippen molar-refractivity contribution in [3.05, 3.63) is 27.7 Å². The SMILES string of the molecule is Cc1cc(S(=O)(=O)N2CCCCC2)c(C)cc1Br. The van der Waals surface area contributed by atoms with Crippen molar-refractivity contribution < 1.29 is 8.42 Å². The van der Waals surface area contributed by atoms with Gasteiger partial charge in [0, 0.05) is 17.6 Å². The van der Waals surface area contributed by atoms with Crippen LogP contribution in [-0.4, -0.2) is 25.8 Å². The maximum Gasteiger partial charge on any atom is 0.243 e. The summed E-state index contributed by atoms with van der Waals surface area (Å²) in [5.74, 6) is 0. The zero-order chi connectivity index (χ0) is 13.3. The van der Waals surface area contributed by atoms with Crippen molar-refractivity contribution in [3.63, 3.8) is 0 Å². The fourth-order valence-corrected chi connectivity index (χ4v) is 4.54. The number of piperidine rings is 1. The predicted octanol–water partition coefficient (Wildman–Crippen LogP) is 3.24. The van der Waals surface area contributed by atoms with E-state index in [9.17, 15) is 8.42 Å². The van der Waals surface area contributed by atoms with Gasteiger partial charge in [-0.3, -0.25) is 0 Å². The Bertz CT molecular complexity index is 548. The normalized spacial score (nSPS) is 17.9. The summed E-state index contributed by atoms with van der Waals surface area (Å²) in [6.07, 6.45) is 3.06. The number of nitrogens with zero attached hydrogens (tertiary/aromatic N) is 1. The zero-order valence-corrected chi connectivity index (χ0v) is 13.1. The van der Waals surface area contributed by atoms with Gasteiger partial charge in [0.15, 0.2) is 0 Å². The van der Waals surface area contributed by atoms with Crippen LogP contribution in [0.2, 0.25) is 0 Å². The molecule has 0 saturated carbocycles. The molecular formula is C13H18BrNO2S. The second-order valence-electron chi connectivity index (χ2n) is 4.83. The Kier molecular flexibility index (Phi) is 4.14. The smallest absolute Gasteiger partial charge is 0.207 e. The predicted molar refractivity (Wildman–Crippen MR) is 76.2 cm³/mol. The molecule has 1 aromatic rings. The van der Waals surface area contributed by atoms with E-state index < -0.39 is 10.0 Å². The van der Waals surface area contributed by atoms with Gasteiger partial charge in [0.1, 0.15) is 0 Å². The highest BCUT2D eigenvalue weighted by atomic mass is 79.9. The number of benzene rings is 1. The van der Waals surface area contributed by atoms with Gasteiger partial charge < -0.3 is 0 Å². The highest BCUT2D eigenvalue weighted by Crippen LogP contribution is 2.27. The number of aryl methyl sites for hydroxylation is 2. The lowest BCUT2D eigenvalue weighted by atomic mass is 10.2. The Hall–Kier alpha value is -0.390. The molecule has 5 heteroatoms. The molecule has 1 saturated heterocycles. The van der Waals surface area contributed by atoms with Crippen LogP contribution in [0.1, 0.15) is 30.4 Å². The van der Waals surface area contributed by atoms with Crippen LogP contribution in [0, 0.1) is 13.8 Å². The third-order valence-electron chi connectivity index (χ3n) is 3.39. The van der Waals surface area contributed by atoms with E-state index in [1.165, 1.54) is 0 Å². The van der Waals surface area contributed by atoms with E-state index in [4.69, 9.17) is 0 Å². The average Bonchev–Trinajstić information content (AvgIpc) is 2.34. The maximum absolute atomic E-state index is 12.6. The number of halogens is 1. The van der Waals surface area contributed by atoms with Gasteiger partial charge in [0.05, 0.1) is 4.90 Å². The summed E-state index contributed by atoms with van der Waals surface area (Å²) in [7, 11) is -3.32. The summed E-state index contributed by atoms with van der Waals surface area (Å²) in [5, 5.41) is 0. The van der Waals surface area contributed by atoms with Crippen LogP contribution in [-0.2, 0) is 10.0 Å². The fraction of sp³-hybridized carbons (Fsp3) is 0.538. The van der Waals surface area contributed by atoms with Crippen molar-refractivity contribution in [2.24, 2.45) is 0 Å². The van der Waals surface area contributed by atoms with E-state index in [1.807, 2.05) is 19.9 Å². The van der Waals surface area contributed by atoms with E-state index in [2.05, 4.69) is 15.9 Å². The number of hydrogen-bond acceptors (Lipinski definition) is 2. The Balaban J connectivity index is 2.43. The molecule has 1 fully saturated rings. The quantitative estimate of drug-likeness (QED) is 0.834. The molecule has 1 aromatic carbocycles. The van der Waals surface area contributed by atoms with Crippen molar-refractivity contribution in [3.8, 4) is 0 Å². The van der Waals surface area contributed by atoms with Gasteiger partial charge in [0.2, 0.25) is 10.0 Å². The molecule has 3 nitrogen and oxygen atoms in total. The lowest BCUT2D eigenvalue weighted by Gasteiger charge is -2.26. The van der Waals surface area contributed by atoms with E-state index in [1.54, 1.807) is 10.4 Å². The van der Waals surface area contributed by atoms with E-state index >= 15 is 0 Å². The Labute approximate surface area is 117 Å². The third-order valence-corrected chi connectivity index (χ3v) is 6.28. The van der Waals surface area contributed by atoms with Crippen LogP contribution in [0.4, 0.5) is 0 Å². The van der Waals surface area contributed by atoms with Gasteiger partial charge in [0.25, 0.3) is 0 Å². The summed E-state index contributed by atoms with van der Waals surface area (Å²) in [5.41, 5.74) is 1.76. The standard InChI is InChI=1S/C13H18BrNO2S/c1-10-9-13(11(2)8-12(10)14)18(16,17)15-6-4-3-5-7-15/h8-9H,3-7H2,1-2H3. The van der Waals surface area contributed by atoms with Crippen molar-refractivity contribution in [2.75, 3.05) is 13.1 Å². The molecule has 0 amide bonds. The van der Waals surface area contributed by atoms with Gasteiger partial charge in [-0.05, 0) is 49.9 Å². The second-order valence-corrected chi connectivity index (χ2v) is 7.59. The van der Waals surface area contributed by atoms with Gasteiger partial charge in [-0.15, -0.1) is 0 Å². The minimum Gasteiger partial charge on any atom is -0.207 e. The molecule has 0 aromatic heterocycles. The molecule has 0 spiro atoms. The lowest BCUT2D eigenvalue weighted by Crippen LogP contribution is -2.36. The largest absolute Gasteiger partial charge is 0.243 e. The molecular weight excluding hydrogens is 314 g/mol. The number of rotatable bonds is 2. The highest BCUT2D eigenvalue weighted by molar-refractivity contribution is 9.10. The average molecular weight is 332 g/mol. The summed E-state index contributed by atoms with van der Waals surface area (Å²) in [6, 6.07) is 3.65. The molecule has 1 heterocycles. The number of sulfonamides is 1. The molecule has 1 aliphatic heterocycles. The van der Waals surface area contributed by atoms with Crippen LogP contribution in [0.15, 0.2) is 21.5 Å². The first kappa shape index (κ1) is 14.0. The first-order chi connectivity index (χ1) is 8.43. The van der Waals surface area contributed by atoms with Crippen LogP contribution in [0.25, 0.3) is 0 Å². The second kappa shape index (κ2) is 5.31. The van der Waals surface area contributed by atoms with Crippen molar-refractivity contribution in [1.29, 1.82) is 0 Å². The molecule has 0 unspecified atom stereocenters. The van der Waals surface area contributed by atoms with E-state index in [0.717, 1.165) is 34.9 Å². The summed E-state index contributed by atoms with van der Waals surface area (Å²) < 4.78 is 27.7. The molecule has 0 bridgehead atoms. The molecule has 18 heavy (non-hydrogen) atoms. The molecule has 100 valence electrons. The molecule has 0 N–H and O–H groups in total. The van der Waals surface area contributed by atoms with Crippen LogP contribution >= 0.6 is 15.9 Å². The van der Waals surface area contributed by atoms with Crippen LogP contribution < -0.4 is 0 Å². The highest BCUT2D eigenvalue weighted by Gasteiger charge is 2.27. The van der Waals surface area contributed by atoms with E-state index in [-0.39, 0.29) is 0 Å². The fourth-order valence-electron chi connectivity index (χ4n) is 2.28. The summed E-state index contributed by atoms with van der Waals surface area (Å²) in [6.45, 7) is 5.06. The van der Waals surface area contributed by atoms with E-state index in [0.29, 0.717) is 18.0 Å². The van der Waals surface area contributed by atoms with Gasteiger partial charge in [-0.25, -0.2) is 8.42 Å². The molecule has 0 aliphatic carbocycles. The Morgan fingerprint density at radius 2 is 1.67 bits per heavy atom. The lowest BCUT2D eigenvalue weighted by molar-refractivity contribution is 0.346. The third kappa shape index (κ3) is 2.63. The minimum atomic E-state index is -3.32. The van der Waals surface area contributed by atoms with Crippen molar-refractivity contribution in [1.82, 2.24) is 4.31 Å². The molecule has 2 rings (SSSR count). The topological polar surface area (TPSA) is 37.4 Å². The number of hydrogen-bond donors (Lipinski definition) is 0. The monoisotopic (exact) mass is 331 g/mol. The maximum atomic E-state index is 12.6. The molecule has 0 radical (unpaired) electrons. The Morgan fingerprint density at radius 1 is 1.06 bits per heavy atom. The summed E-state index contributed by atoms with van der Waals surface area (Å²) in [4.78, 5) is 0.449. The molecule has 0 atom stereocenters. The zero-order valence-electron chi connectivity index (χ0n) is 10.7. The van der Waals surface area contributed by atoms with Crippen molar-refractivity contribution >= 4 is 26.0 Å². The Morgan fingerprint density at radius 3 is 2.28 bits per heavy atom. The first-order valence-electron chi connectivity index (χ1n) is 6.20. The van der Waals surface area contributed by atoms with Crippen LogP contribution in [0.3, 0.4) is 0 Å². The van der Waals surface area contributed by atoms with Gasteiger partial charge in [-0.2, -0.15) is 4.31 Å². The van der Waals surface area contributed by atoms with Gasteiger partial charge in [-0.1, -0.05) is 22.4 Å². The van der Waals surface area contributed by atoms with Gasteiger partial charge >= 0.3 is 0 Å². The van der Waals surface area contributed by atoms with Crippen LogP contribution in [0.5, 0.6) is 0 Å². The minimum absolute atomic E-state index is 0.449. The first-order valence-corrected chi connectivity index (χ1v) is 8.43. The molecule has 1 aliphatic rings. The summed E-state index contributed by atoms with van der Waals surface area (Å²) >= 11 is 3.43. The van der Waals surface area contributed by atoms with Crippen molar-refractivity contribution in [2.45, 2.75) is 38.0 Å².